The maximum Gasteiger partial charge on any atom is 0.303 e. The average Bonchev–Trinajstić information content (AvgIpc) is 2.79. The Labute approximate surface area is 181 Å². The number of aliphatic imine (C=N–C) groups is 1. The second kappa shape index (κ2) is 11.2. The van der Waals surface area contributed by atoms with E-state index in [9.17, 15) is 4.79 Å². The molecule has 156 valence electrons. The Morgan fingerprint density at radius 3 is 2.16 bits per heavy atom. The van der Waals surface area contributed by atoms with E-state index in [1.165, 1.54) is 0 Å². The summed E-state index contributed by atoms with van der Waals surface area (Å²) in [5.74, 6) is -0.565. The van der Waals surface area contributed by atoms with Crippen LogP contribution in [0, 0.1) is 11.5 Å². The molecule has 6 nitrogen and oxygen atoms in total. The lowest BCUT2D eigenvalue weighted by atomic mass is 10.0. The number of nitrogens with zero attached hydrogens (tertiary/aromatic N) is 2. The fraction of sp³-hybridized carbons (Fsp3) is 0.160. The Balaban J connectivity index is 1.71. The van der Waals surface area contributed by atoms with Gasteiger partial charge in [0.2, 0.25) is 12.2 Å². The van der Waals surface area contributed by atoms with Crippen LogP contribution in [0.25, 0.3) is 11.1 Å². The molecule has 6 heteroatoms. The van der Waals surface area contributed by atoms with Gasteiger partial charge in [0.05, 0.1) is 0 Å². The lowest BCUT2D eigenvalue weighted by Gasteiger charge is -2.21. The fourth-order valence-electron chi connectivity index (χ4n) is 3.27. The van der Waals surface area contributed by atoms with Crippen molar-refractivity contribution >= 4 is 17.6 Å². The Morgan fingerprint density at radius 2 is 1.55 bits per heavy atom. The first kappa shape index (κ1) is 21.6. The SMILES string of the molecule is N#C/N=C(/Nc1ccc(-c2ccccc2)cc1)N[C@H](CCC(=O)O)Cc1ccccc1. The average molecular weight is 412 g/mol. The number of nitriles is 1. The van der Waals surface area contributed by atoms with E-state index in [4.69, 9.17) is 10.4 Å². The van der Waals surface area contributed by atoms with Gasteiger partial charge >= 0.3 is 5.97 Å². The smallest absolute Gasteiger partial charge is 0.303 e. The number of carboxylic acid groups (broad SMARTS) is 1. The highest BCUT2D eigenvalue weighted by molar-refractivity contribution is 5.94. The van der Waals surface area contributed by atoms with Gasteiger partial charge in [-0.15, -0.1) is 4.99 Å². The van der Waals surface area contributed by atoms with Crippen LogP contribution in [-0.4, -0.2) is 23.1 Å². The van der Waals surface area contributed by atoms with Crippen LogP contribution in [0.3, 0.4) is 0 Å². The van der Waals surface area contributed by atoms with Crippen molar-refractivity contribution in [3.63, 3.8) is 0 Å². The maximum atomic E-state index is 11.1. The summed E-state index contributed by atoms with van der Waals surface area (Å²) >= 11 is 0. The third-order valence-electron chi connectivity index (χ3n) is 4.79. The van der Waals surface area contributed by atoms with Crippen molar-refractivity contribution < 1.29 is 9.90 Å². The molecule has 0 bridgehead atoms. The minimum Gasteiger partial charge on any atom is -0.481 e. The van der Waals surface area contributed by atoms with Gasteiger partial charge in [-0.05, 0) is 41.7 Å². The van der Waals surface area contributed by atoms with Crippen molar-refractivity contribution in [2.75, 3.05) is 5.32 Å². The molecule has 0 aliphatic carbocycles. The molecule has 3 aromatic carbocycles. The number of rotatable bonds is 8. The number of aliphatic carboxylic acids is 1. The summed E-state index contributed by atoms with van der Waals surface area (Å²) < 4.78 is 0. The van der Waals surface area contributed by atoms with Crippen LogP contribution in [0.5, 0.6) is 0 Å². The van der Waals surface area contributed by atoms with Crippen molar-refractivity contribution in [1.29, 1.82) is 5.26 Å². The van der Waals surface area contributed by atoms with Crippen LogP contribution >= 0.6 is 0 Å². The molecule has 0 aliphatic rings. The summed E-state index contributed by atoms with van der Waals surface area (Å²) in [6, 6.07) is 27.5. The lowest BCUT2D eigenvalue weighted by Crippen LogP contribution is -2.40. The predicted molar refractivity (Wildman–Crippen MR) is 122 cm³/mol. The van der Waals surface area contributed by atoms with Gasteiger partial charge in [-0.2, -0.15) is 5.26 Å². The molecule has 0 amide bonds. The predicted octanol–water partition coefficient (Wildman–Crippen LogP) is 4.67. The number of carboxylic acids is 1. The first-order valence-corrected chi connectivity index (χ1v) is 10.1. The number of carbonyl (C=O) groups is 1. The zero-order valence-corrected chi connectivity index (χ0v) is 17.0. The fourth-order valence-corrected chi connectivity index (χ4v) is 3.27. The van der Waals surface area contributed by atoms with Crippen molar-refractivity contribution in [3.05, 3.63) is 90.5 Å². The number of guanidine groups is 1. The van der Waals surface area contributed by atoms with Crippen LogP contribution in [0.15, 0.2) is 89.9 Å². The van der Waals surface area contributed by atoms with Crippen molar-refractivity contribution in [1.82, 2.24) is 5.32 Å². The summed E-state index contributed by atoms with van der Waals surface area (Å²) in [4.78, 5) is 14.9. The molecule has 1 atom stereocenters. The van der Waals surface area contributed by atoms with E-state index in [2.05, 4.69) is 15.6 Å². The van der Waals surface area contributed by atoms with Crippen molar-refractivity contribution in [2.24, 2.45) is 4.99 Å². The number of hydrogen-bond donors (Lipinski definition) is 3. The van der Waals surface area contributed by atoms with Crippen LogP contribution in [-0.2, 0) is 11.2 Å². The van der Waals surface area contributed by atoms with E-state index >= 15 is 0 Å². The van der Waals surface area contributed by atoms with Gasteiger partial charge in [-0.1, -0.05) is 72.8 Å². The highest BCUT2D eigenvalue weighted by atomic mass is 16.4. The molecule has 0 aromatic heterocycles. The quantitative estimate of drug-likeness (QED) is 0.284. The number of benzene rings is 3. The van der Waals surface area contributed by atoms with Crippen LogP contribution in [0.4, 0.5) is 5.69 Å². The largest absolute Gasteiger partial charge is 0.481 e. The molecule has 0 fully saturated rings. The van der Waals surface area contributed by atoms with E-state index in [0.29, 0.717) is 18.8 Å². The third-order valence-corrected chi connectivity index (χ3v) is 4.79. The third kappa shape index (κ3) is 7.02. The van der Waals surface area contributed by atoms with Gasteiger partial charge in [-0.25, -0.2) is 0 Å². The van der Waals surface area contributed by atoms with Gasteiger partial charge in [0, 0.05) is 18.2 Å². The van der Waals surface area contributed by atoms with E-state index in [0.717, 1.165) is 22.4 Å². The molecular formula is C25H24N4O2. The van der Waals surface area contributed by atoms with E-state index in [1.54, 1.807) is 6.19 Å². The van der Waals surface area contributed by atoms with E-state index in [-0.39, 0.29) is 12.5 Å². The van der Waals surface area contributed by atoms with Gasteiger partial charge in [0.15, 0.2) is 0 Å². The van der Waals surface area contributed by atoms with E-state index < -0.39 is 5.97 Å². The zero-order chi connectivity index (χ0) is 21.9. The normalized spacial score (nSPS) is 11.9. The summed E-state index contributed by atoms with van der Waals surface area (Å²) in [6.45, 7) is 0. The molecule has 31 heavy (non-hydrogen) atoms. The van der Waals surface area contributed by atoms with Crippen molar-refractivity contribution in [2.45, 2.75) is 25.3 Å². The van der Waals surface area contributed by atoms with Gasteiger partial charge in [0.1, 0.15) is 0 Å². The molecule has 3 N–H and O–H groups in total. The highest BCUT2D eigenvalue weighted by Gasteiger charge is 2.14. The lowest BCUT2D eigenvalue weighted by molar-refractivity contribution is -0.137. The minimum atomic E-state index is -0.858. The van der Waals surface area contributed by atoms with Gasteiger partial charge in [-0.3, -0.25) is 4.79 Å². The molecule has 0 aliphatic heterocycles. The molecule has 0 unspecified atom stereocenters. The molecular weight excluding hydrogens is 388 g/mol. The van der Waals surface area contributed by atoms with Gasteiger partial charge < -0.3 is 15.7 Å². The molecule has 3 aromatic rings. The molecule has 0 radical (unpaired) electrons. The standard InChI is InChI=1S/C25H24N4O2/c26-18-27-25(28-22-13-11-21(12-14-22)20-9-5-2-6-10-20)29-23(15-16-24(30)31)17-19-7-3-1-4-8-19/h1-14,23H,15-17H2,(H,30,31)(H2,27,28,29)/t23-/m1/s1. The molecule has 0 spiro atoms. The monoisotopic (exact) mass is 412 g/mol. The topological polar surface area (TPSA) is 97.5 Å². The van der Waals surface area contributed by atoms with Gasteiger partial charge in [0.25, 0.3) is 0 Å². The molecule has 0 saturated heterocycles. The number of anilines is 1. The molecule has 0 heterocycles. The molecule has 0 saturated carbocycles. The Hall–Kier alpha value is -4.11. The summed E-state index contributed by atoms with van der Waals surface area (Å²) in [5.41, 5.74) is 4.06. The summed E-state index contributed by atoms with van der Waals surface area (Å²) in [5, 5.41) is 24.5. The molecule has 3 rings (SSSR count). The zero-order valence-electron chi connectivity index (χ0n) is 17.0. The summed E-state index contributed by atoms with van der Waals surface area (Å²) in [6.07, 6.45) is 2.85. The van der Waals surface area contributed by atoms with Crippen molar-refractivity contribution in [3.8, 4) is 17.3 Å². The van der Waals surface area contributed by atoms with E-state index in [1.807, 2.05) is 84.9 Å². The highest BCUT2D eigenvalue weighted by Crippen LogP contribution is 2.21. The van der Waals surface area contributed by atoms with Crippen LogP contribution in [0.2, 0.25) is 0 Å². The van der Waals surface area contributed by atoms with Crippen LogP contribution < -0.4 is 10.6 Å². The Bertz CT molecular complexity index is 1040. The second-order valence-corrected chi connectivity index (χ2v) is 7.09. The van der Waals surface area contributed by atoms with Crippen LogP contribution in [0.1, 0.15) is 18.4 Å². The second-order valence-electron chi connectivity index (χ2n) is 7.09. The first-order valence-electron chi connectivity index (χ1n) is 10.1. The maximum absolute atomic E-state index is 11.1. The first-order chi connectivity index (χ1) is 15.1. The Morgan fingerprint density at radius 1 is 0.935 bits per heavy atom. The minimum absolute atomic E-state index is 0.0239. The summed E-state index contributed by atoms with van der Waals surface area (Å²) in [7, 11) is 0. The number of nitrogens with one attached hydrogen (secondary N) is 2. The number of hydrogen-bond acceptors (Lipinski definition) is 3. The Kier molecular flexibility index (Phi) is 7.78.